The van der Waals surface area contributed by atoms with E-state index < -0.39 is 5.97 Å². The summed E-state index contributed by atoms with van der Waals surface area (Å²) < 4.78 is 5.48. The fourth-order valence-electron chi connectivity index (χ4n) is 1.62. The first-order chi connectivity index (χ1) is 9.61. The van der Waals surface area contributed by atoms with Crippen LogP contribution in [0.5, 0.6) is 5.75 Å². The third-order valence-electron chi connectivity index (χ3n) is 2.69. The molecule has 0 saturated carbocycles. The van der Waals surface area contributed by atoms with E-state index in [-0.39, 0.29) is 18.7 Å². The molecular formula is C15H20NO4-. The summed E-state index contributed by atoms with van der Waals surface area (Å²) in [5.41, 5.74) is 1.09. The van der Waals surface area contributed by atoms with E-state index in [0.717, 1.165) is 17.7 Å². The first-order valence-electron chi connectivity index (χ1n) is 6.80. The molecule has 20 heavy (non-hydrogen) atoms. The Balaban J connectivity index is 2.24. The van der Waals surface area contributed by atoms with Gasteiger partial charge in [0.2, 0.25) is 5.91 Å². The summed E-state index contributed by atoms with van der Waals surface area (Å²) in [4.78, 5) is 21.5. The van der Waals surface area contributed by atoms with E-state index in [1.807, 2.05) is 24.3 Å². The first kappa shape index (κ1) is 16.0. The van der Waals surface area contributed by atoms with Gasteiger partial charge in [-0.1, -0.05) is 19.1 Å². The molecule has 1 aromatic carbocycles. The maximum absolute atomic E-state index is 11.3. The molecule has 0 spiro atoms. The number of hydrogen-bond acceptors (Lipinski definition) is 4. The SMILES string of the molecule is CCCOc1ccc(CCNC(=O)CCC(=O)[O-])cc1. The van der Waals surface area contributed by atoms with Crippen LogP contribution in [0.2, 0.25) is 0 Å². The fourth-order valence-corrected chi connectivity index (χ4v) is 1.62. The van der Waals surface area contributed by atoms with Crippen molar-refractivity contribution in [1.82, 2.24) is 5.32 Å². The molecule has 1 N–H and O–H groups in total. The van der Waals surface area contributed by atoms with Crippen LogP contribution in [0.4, 0.5) is 0 Å². The highest BCUT2D eigenvalue weighted by atomic mass is 16.5. The normalized spacial score (nSPS) is 10.1. The van der Waals surface area contributed by atoms with Crippen molar-refractivity contribution in [2.75, 3.05) is 13.2 Å². The lowest BCUT2D eigenvalue weighted by Gasteiger charge is -2.07. The Bertz CT molecular complexity index is 428. The molecule has 5 nitrogen and oxygen atoms in total. The van der Waals surface area contributed by atoms with E-state index in [4.69, 9.17) is 4.74 Å². The minimum Gasteiger partial charge on any atom is -0.550 e. The van der Waals surface area contributed by atoms with Crippen molar-refractivity contribution >= 4 is 11.9 Å². The van der Waals surface area contributed by atoms with E-state index in [2.05, 4.69) is 12.2 Å². The Morgan fingerprint density at radius 2 is 1.90 bits per heavy atom. The lowest BCUT2D eigenvalue weighted by atomic mass is 10.1. The molecule has 110 valence electrons. The first-order valence-corrected chi connectivity index (χ1v) is 6.80. The van der Waals surface area contributed by atoms with E-state index in [0.29, 0.717) is 19.6 Å². The minimum atomic E-state index is -1.21. The van der Waals surface area contributed by atoms with E-state index in [9.17, 15) is 14.7 Å². The summed E-state index contributed by atoms with van der Waals surface area (Å²) in [6.07, 6.45) is 1.40. The number of carboxylic acids is 1. The van der Waals surface area contributed by atoms with Crippen LogP contribution >= 0.6 is 0 Å². The molecule has 0 radical (unpaired) electrons. The second-order valence-electron chi connectivity index (χ2n) is 4.46. The van der Waals surface area contributed by atoms with Gasteiger partial charge in [-0.2, -0.15) is 0 Å². The van der Waals surface area contributed by atoms with Crippen molar-refractivity contribution in [2.24, 2.45) is 0 Å². The zero-order chi connectivity index (χ0) is 14.8. The van der Waals surface area contributed by atoms with E-state index in [1.165, 1.54) is 0 Å². The smallest absolute Gasteiger partial charge is 0.220 e. The molecule has 0 bridgehead atoms. The van der Waals surface area contributed by atoms with Crippen molar-refractivity contribution in [3.8, 4) is 5.75 Å². The van der Waals surface area contributed by atoms with Crippen molar-refractivity contribution < 1.29 is 19.4 Å². The van der Waals surface area contributed by atoms with Crippen molar-refractivity contribution in [3.63, 3.8) is 0 Å². The van der Waals surface area contributed by atoms with Crippen molar-refractivity contribution in [2.45, 2.75) is 32.6 Å². The number of ether oxygens (including phenoxy) is 1. The highest BCUT2D eigenvalue weighted by Crippen LogP contribution is 2.12. The Morgan fingerprint density at radius 3 is 2.50 bits per heavy atom. The third-order valence-corrected chi connectivity index (χ3v) is 2.69. The van der Waals surface area contributed by atoms with Crippen LogP contribution in [0.15, 0.2) is 24.3 Å². The second kappa shape index (κ2) is 8.96. The Labute approximate surface area is 118 Å². The summed E-state index contributed by atoms with van der Waals surface area (Å²) >= 11 is 0. The number of carboxylic acid groups (broad SMARTS) is 1. The largest absolute Gasteiger partial charge is 0.550 e. The summed E-state index contributed by atoms with van der Waals surface area (Å²) in [5, 5.41) is 12.9. The predicted octanol–water partition coefficient (Wildman–Crippen LogP) is 0.664. The zero-order valence-electron chi connectivity index (χ0n) is 11.7. The van der Waals surface area contributed by atoms with Gasteiger partial charge in [-0.25, -0.2) is 0 Å². The number of nitrogens with one attached hydrogen (secondary N) is 1. The molecule has 1 rings (SSSR count). The van der Waals surface area contributed by atoms with Crippen LogP contribution in [0.25, 0.3) is 0 Å². The second-order valence-corrected chi connectivity index (χ2v) is 4.46. The molecule has 0 aliphatic carbocycles. The van der Waals surface area contributed by atoms with Crippen molar-refractivity contribution in [3.05, 3.63) is 29.8 Å². The predicted molar refractivity (Wildman–Crippen MR) is 73.2 cm³/mol. The van der Waals surface area contributed by atoms with Gasteiger partial charge in [-0.05, 0) is 37.0 Å². The van der Waals surface area contributed by atoms with Gasteiger partial charge in [0.1, 0.15) is 5.75 Å². The maximum atomic E-state index is 11.3. The summed E-state index contributed by atoms with van der Waals surface area (Å²) in [6, 6.07) is 7.72. The molecule has 1 aromatic rings. The number of amides is 1. The lowest BCUT2D eigenvalue weighted by molar-refractivity contribution is -0.305. The maximum Gasteiger partial charge on any atom is 0.220 e. The Morgan fingerprint density at radius 1 is 1.20 bits per heavy atom. The molecule has 1 amide bonds. The molecule has 0 aliphatic rings. The van der Waals surface area contributed by atoms with Gasteiger partial charge in [-0.15, -0.1) is 0 Å². The van der Waals surface area contributed by atoms with Gasteiger partial charge in [0.15, 0.2) is 0 Å². The molecule has 0 fully saturated rings. The summed E-state index contributed by atoms with van der Waals surface area (Å²) in [7, 11) is 0. The molecule has 0 atom stereocenters. The van der Waals surface area contributed by atoms with Crippen LogP contribution in [-0.2, 0) is 16.0 Å². The van der Waals surface area contributed by atoms with Crippen LogP contribution in [-0.4, -0.2) is 25.0 Å². The molecule has 0 heterocycles. The lowest BCUT2D eigenvalue weighted by Crippen LogP contribution is -2.29. The number of hydrogen-bond donors (Lipinski definition) is 1. The minimum absolute atomic E-state index is 0.0356. The van der Waals surface area contributed by atoms with Gasteiger partial charge in [0, 0.05) is 18.9 Å². The number of carbonyl (C=O) groups excluding carboxylic acids is 2. The topological polar surface area (TPSA) is 78.5 Å². The Hall–Kier alpha value is -2.04. The highest BCUT2D eigenvalue weighted by Gasteiger charge is 2.01. The van der Waals surface area contributed by atoms with Gasteiger partial charge in [0.25, 0.3) is 0 Å². The number of aliphatic carboxylic acids is 1. The number of benzene rings is 1. The molecule has 0 aliphatic heterocycles. The summed E-state index contributed by atoms with van der Waals surface area (Å²) in [5.74, 6) is -0.631. The van der Waals surface area contributed by atoms with Gasteiger partial charge >= 0.3 is 0 Å². The van der Waals surface area contributed by atoms with Gasteiger partial charge < -0.3 is 20.0 Å². The number of carbonyl (C=O) groups is 2. The zero-order valence-corrected chi connectivity index (χ0v) is 11.7. The quantitative estimate of drug-likeness (QED) is 0.720. The molecule has 0 aromatic heterocycles. The number of rotatable bonds is 9. The van der Waals surface area contributed by atoms with Gasteiger partial charge in [0.05, 0.1) is 6.61 Å². The Kier molecular flexibility index (Phi) is 7.17. The third kappa shape index (κ3) is 6.78. The van der Waals surface area contributed by atoms with E-state index >= 15 is 0 Å². The molecular weight excluding hydrogens is 258 g/mol. The molecule has 0 saturated heterocycles. The fraction of sp³-hybridized carbons (Fsp3) is 0.467. The standard InChI is InChI=1S/C15H21NO4/c1-2-11-20-13-5-3-12(4-6-13)9-10-16-14(17)7-8-15(18)19/h3-6H,2,7-11H2,1H3,(H,16,17)(H,18,19)/p-1. The van der Waals surface area contributed by atoms with E-state index in [1.54, 1.807) is 0 Å². The van der Waals surface area contributed by atoms with Crippen molar-refractivity contribution in [1.29, 1.82) is 0 Å². The van der Waals surface area contributed by atoms with Crippen LogP contribution < -0.4 is 15.2 Å². The van der Waals surface area contributed by atoms with Crippen LogP contribution in [0.3, 0.4) is 0 Å². The molecule has 5 heteroatoms. The average Bonchev–Trinajstić information content (AvgIpc) is 2.44. The van der Waals surface area contributed by atoms with Gasteiger partial charge in [-0.3, -0.25) is 4.79 Å². The van der Waals surface area contributed by atoms with Crippen LogP contribution in [0, 0.1) is 0 Å². The van der Waals surface area contributed by atoms with Crippen LogP contribution in [0.1, 0.15) is 31.7 Å². The average molecular weight is 278 g/mol. The monoisotopic (exact) mass is 278 g/mol. The summed E-state index contributed by atoms with van der Waals surface area (Å²) in [6.45, 7) is 3.24. The molecule has 0 unspecified atom stereocenters. The highest BCUT2D eigenvalue weighted by molar-refractivity contribution is 5.79.